The van der Waals surface area contributed by atoms with Gasteiger partial charge in [0.1, 0.15) is 5.82 Å². The van der Waals surface area contributed by atoms with Gasteiger partial charge in [-0.25, -0.2) is 12.8 Å². The largest absolute Gasteiger partial charge is 0.339 e. The van der Waals surface area contributed by atoms with Crippen molar-refractivity contribution in [2.45, 2.75) is 30.6 Å². The molecule has 0 radical (unpaired) electrons. The Hall–Kier alpha value is -1.22. The molecule has 0 unspecified atom stereocenters. The number of piperazine rings is 1. The summed E-state index contributed by atoms with van der Waals surface area (Å²) in [6, 6.07) is 3.40. The van der Waals surface area contributed by atoms with E-state index >= 15 is 0 Å². The van der Waals surface area contributed by atoms with Gasteiger partial charge >= 0.3 is 0 Å². The van der Waals surface area contributed by atoms with Crippen LogP contribution in [0.5, 0.6) is 0 Å². The number of sulfonamides is 1. The number of nitrogens with zero attached hydrogens (tertiary/aromatic N) is 3. The van der Waals surface area contributed by atoms with Crippen LogP contribution in [-0.4, -0.2) is 74.2 Å². The van der Waals surface area contributed by atoms with E-state index in [2.05, 4.69) is 4.90 Å². The molecule has 3 rings (SSSR count). The Morgan fingerprint density at radius 2 is 1.63 bits per heavy atom. The normalized spacial score (nSPS) is 20.4. The molecule has 0 saturated carbocycles. The average Bonchev–Trinajstić information content (AvgIpc) is 2.92. The maximum Gasteiger partial charge on any atom is 0.243 e. The number of halogens is 2. The summed E-state index contributed by atoms with van der Waals surface area (Å²) in [5.41, 5.74) is 0. The van der Waals surface area contributed by atoms with Crippen molar-refractivity contribution in [2.24, 2.45) is 0 Å². The zero-order chi connectivity index (χ0) is 19.4. The number of likely N-dealkylation sites (tertiary alicyclic amines) is 1. The van der Waals surface area contributed by atoms with E-state index in [1.54, 1.807) is 4.90 Å². The fourth-order valence-corrected chi connectivity index (χ4v) is 5.24. The number of rotatable bonds is 4. The average molecular weight is 418 g/mol. The van der Waals surface area contributed by atoms with Gasteiger partial charge < -0.3 is 4.90 Å². The third kappa shape index (κ3) is 4.99. The van der Waals surface area contributed by atoms with Crippen LogP contribution >= 0.6 is 11.6 Å². The Morgan fingerprint density at radius 1 is 1.00 bits per heavy atom. The molecule has 0 bridgehead atoms. The van der Waals surface area contributed by atoms with Crippen LogP contribution in [-0.2, 0) is 14.8 Å². The molecule has 1 aromatic rings. The Kier molecular flexibility index (Phi) is 6.73. The highest BCUT2D eigenvalue weighted by Crippen LogP contribution is 2.23. The maximum atomic E-state index is 13.3. The highest BCUT2D eigenvalue weighted by Gasteiger charge is 2.31. The smallest absolute Gasteiger partial charge is 0.243 e. The second kappa shape index (κ2) is 8.86. The third-order valence-corrected chi connectivity index (χ3v) is 7.36. The van der Waals surface area contributed by atoms with Gasteiger partial charge in [0.2, 0.25) is 15.9 Å². The van der Waals surface area contributed by atoms with E-state index in [4.69, 9.17) is 11.6 Å². The molecular formula is C18H25ClFN3O3S. The Morgan fingerprint density at radius 3 is 2.22 bits per heavy atom. The number of amides is 1. The van der Waals surface area contributed by atoms with Crippen molar-refractivity contribution >= 4 is 27.5 Å². The van der Waals surface area contributed by atoms with Crippen molar-refractivity contribution in [1.82, 2.24) is 14.1 Å². The van der Waals surface area contributed by atoms with E-state index in [9.17, 15) is 17.6 Å². The van der Waals surface area contributed by atoms with Gasteiger partial charge in [0.25, 0.3) is 0 Å². The van der Waals surface area contributed by atoms with Crippen LogP contribution in [0.3, 0.4) is 0 Å². The number of hydrogen-bond acceptors (Lipinski definition) is 4. The van der Waals surface area contributed by atoms with E-state index in [0.29, 0.717) is 19.6 Å². The molecule has 0 aliphatic carbocycles. The first-order chi connectivity index (χ1) is 12.9. The third-order valence-electron chi connectivity index (χ3n) is 5.18. The molecule has 27 heavy (non-hydrogen) atoms. The standard InChI is InChI=1S/C18H25ClFN3O3S/c19-16-13-15(5-6-17(16)20)27(25,26)23-11-9-22(10-12-23)18(24)14-21-7-3-1-2-4-8-21/h5-6,13H,1-4,7-12,14H2. The molecule has 0 aromatic heterocycles. The summed E-state index contributed by atoms with van der Waals surface area (Å²) in [4.78, 5) is 16.4. The summed E-state index contributed by atoms with van der Waals surface area (Å²) in [6.07, 6.45) is 4.68. The van der Waals surface area contributed by atoms with E-state index in [1.807, 2.05) is 0 Å². The van der Waals surface area contributed by atoms with Gasteiger partial charge in [-0.2, -0.15) is 4.31 Å². The Balaban J connectivity index is 1.57. The lowest BCUT2D eigenvalue weighted by Gasteiger charge is -2.35. The highest BCUT2D eigenvalue weighted by molar-refractivity contribution is 7.89. The van der Waals surface area contributed by atoms with E-state index in [-0.39, 0.29) is 28.9 Å². The van der Waals surface area contributed by atoms with Crippen molar-refractivity contribution in [3.8, 4) is 0 Å². The molecule has 0 spiro atoms. The van der Waals surface area contributed by atoms with Crippen LogP contribution in [0.1, 0.15) is 25.7 Å². The second-order valence-corrected chi connectivity index (χ2v) is 9.40. The van der Waals surface area contributed by atoms with Gasteiger partial charge in [-0.1, -0.05) is 24.4 Å². The first kappa shape index (κ1) is 20.5. The van der Waals surface area contributed by atoms with Crippen molar-refractivity contribution in [2.75, 3.05) is 45.8 Å². The summed E-state index contributed by atoms with van der Waals surface area (Å²) < 4.78 is 40.1. The van der Waals surface area contributed by atoms with Gasteiger partial charge in [-0.05, 0) is 44.1 Å². The molecule has 2 aliphatic heterocycles. The van der Waals surface area contributed by atoms with Crippen molar-refractivity contribution in [3.05, 3.63) is 29.0 Å². The summed E-state index contributed by atoms with van der Waals surface area (Å²) in [5.74, 6) is -0.599. The summed E-state index contributed by atoms with van der Waals surface area (Å²) in [7, 11) is -3.75. The van der Waals surface area contributed by atoms with Gasteiger partial charge in [-0.3, -0.25) is 9.69 Å². The molecule has 1 amide bonds. The first-order valence-corrected chi connectivity index (χ1v) is 11.1. The van der Waals surface area contributed by atoms with Crippen molar-refractivity contribution in [1.29, 1.82) is 0 Å². The quantitative estimate of drug-likeness (QED) is 0.753. The summed E-state index contributed by atoms with van der Waals surface area (Å²) >= 11 is 5.71. The molecule has 2 aliphatic rings. The molecular weight excluding hydrogens is 393 g/mol. The van der Waals surface area contributed by atoms with Gasteiger partial charge in [-0.15, -0.1) is 0 Å². The Labute approximate surface area is 164 Å². The van der Waals surface area contributed by atoms with Crippen molar-refractivity contribution < 1.29 is 17.6 Å². The predicted octanol–water partition coefficient (Wildman–Crippen LogP) is 2.19. The fraction of sp³-hybridized carbons (Fsp3) is 0.611. The van der Waals surface area contributed by atoms with E-state index < -0.39 is 15.8 Å². The minimum atomic E-state index is -3.75. The molecule has 2 heterocycles. The van der Waals surface area contributed by atoms with Gasteiger partial charge in [0.15, 0.2) is 0 Å². The number of carbonyl (C=O) groups is 1. The second-order valence-electron chi connectivity index (χ2n) is 7.05. The molecule has 0 atom stereocenters. The Bertz CT molecular complexity index is 774. The van der Waals surface area contributed by atoms with Gasteiger partial charge in [0.05, 0.1) is 16.5 Å². The van der Waals surface area contributed by atoms with Crippen LogP contribution in [0.25, 0.3) is 0 Å². The van der Waals surface area contributed by atoms with Crippen LogP contribution in [0.4, 0.5) is 4.39 Å². The summed E-state index contributed by atoms with van der Waals surface area (Å²) in [6.45, 7) is 3.48. The zero-order valence-corrected chi connectivity index (χ0v) is 16.8. The van der Waals surface area contributed by atoms with Crippen molar-refractivity contribution in [3.63, 3.8) is 0 Å². The molecule has 150 valence electrons. The zero-order valence-electron chi connectivity index (χ0n) is 15.2. The fourth-order valence-electron chi connectivity index (χ4n) is 3.55. The van der Waals surface area contributed by atoms with Crippen LogP contribution in [0, 0.1) is 5.82 Å². The topological polar surface area (TPSA) is 60.9 Å². The SMILES string of the molecule is O=C(CN1CCCCCC1)N1CCN(S(=O)(=O)c2ccc(F)c(Cl)c2)CC1. The monoisotopic (exact) mass is 417 g/mol. The highest BCUT2D eigenvalue weighted by atomic mass is 35.5. The molecule has 0 N–H and O–H groups in total. The number of carbonyl (C=O) groups excluding carboxylic acids is 1. The molecule has 1 aromatic carbocycles. The lowest BCUT2D eigenvalue weighted by molar-refractivity contribution is -0.133. The molecule has 9 heteroatoms. The molecule has 2 saturated heterocycles. The van der Waals surface area contributed by atoms with Crippen LogP contribution in [0.2, 0.25) is 5.02 Å². The van der Waals surface area contributed by atoms with Gasteiger partial charge in [0, 0.05) is 26.2 Å². The molecule has 2 fully saturated rings. The van der Waals surface area contributed by atoms with Crippen LogP contribution in [0.15, 0.2) is 23.1 Å². The number of benzene rings is 1. The predicted molar refractivity (Wildman–Crippen MR) is 102 cm³/mol. The maximum absolute atomic E-state index is 13.3. The molecule has 6 nitrogen and oxygen atoms in total. The summed E-state index contributed by atoms with van der Waals surface area (Å²) in [5, 5.41) is -0.220. The lowest BCUT2D eigenvalue weighted by atomic mass is 10.2. The minimum absolute atomic E-state index is 0.0294. The minimum Gasteiger partial charge on any atom is -0.339 e. The van der Waals surface area contributed by atoms with E-state index in [0.717, 1.165) is 38.1 Å². The first-order valence-electron chi connectivity index (χ1n) is 9.33. The number of hydrogen-bond donors (Lipinski definition) is 0. The lowest BCUT2D eigenvalue weighted by Crippen LogP contribution is -2.52. The van der Waals surface area contributed by atoms with E-state index in [1.165, 1.54) is 23.2 Å². The van der Waals surface area contributed by atoms with Crippen LogP contribution < -0.4 is 0 Å².